The predicted molar refractivity (Wildman–Crippen MR) is 78.9 cm³/mol. The number of aryl methyl sites for hydroxylation is 2. The van der Waals surface area contributed by atoms with Crippen LogP contribution in [0.2, 0.25) is 0 Å². The fourth-order valence-electron chi connectivity index (χ4n) is 2.28. The van der Waals surface area contributed by atoms with Crippen LogP contribution in [0.25, 0.3) is 0 Å². The predicted octanol–water partition coefficient (Wildman–Crippen LogP) is 4.84. The molecule has 1 unspecified atom stereocenters. The number of thiophene rings is 1. The number of hydrogen-bond acceptors (Lipinski definition) is 2. The molecule has 0 aliphatic rings. The highest BCUT2D eigenvalue weighted by Crippen LogP contribution is 2.31. The third kappa shape index (κ3) is 4.11. The summed E-state index contributed by atoms with van der Waals surface area (Å²) in [6.45, 7) is 12.3. The zero-order chi connectivity index (χ0) is 12.8. The number of rotatable bonds is 7. The number of hydrogen-bond donors (Lipinski definition) is 1. The van der Waals surface area contributed by atoms with Gasteiger partial charge in [-0.15, -0.1) is 11.3 Å². The van der Waals surface area contributed by atoms with Crippen LogP contribution in [-0.2, 0) is 0 Å². The molecule has 0 fully saturated rings. The molecule has 1 heterocycles. The Balaban J connectivity index is 2.77. The zero-order valence-electron chi connectivity index (χ0n) is 12.0. The van der Waals surface area contributed by atoms with Crippen molar-refractivity contribution in [1.82, 2.24) is 5.32 Å². The van der Waals surface area contributed by atoms with Gasteiger partial charge in [0.25, 0.3) is 0 Å². The summed E-state index contributed by atoms with van der Waals surface area (Å²) in [5.41, 5.74) is 1.44. The second-order valence-electron chi connectivity index (χ2n) is 4.92. The lowest BCUT2D eigenvalue weighted by Crippen LogP contribution is -2.22. The normalized spacial score (nSPS) is 13.3. The molecule has 0 saturated heterocycles. The van der Waals surface area contributed by atoms with Crippen LogP contribution in [0.5, 0.6) is 0 Å². The first kappa shape index (κ1) is 14.7. The van der Waals surface area contributed by atoms with E-state index >= 15 is 0 Å². The van der Waals surface area contributed by atoms with Gasteiger partial charge in [0.05, 0.1) is 0 Å². The second-order valence-corrected chi connectivity index (χ2v) is 6.20. The van der Waals surface area contributed by atoms with Crippen LogP contribution in [0.1, 0.15) is 61.4 Å². The molecule has 0 aliphatic carbocycles. The minimum atomic E-state index is 0.558. The van der Waals surface area contributed by atoms with Crippen molar-refractivity contribution in [3.05, 3.63) is 21.4 Å². The van der Waals surface area contributed by atoms with Crippen LogP contribution in [0.3, 0.4) is 0 Å². The highest BCUT2D eigenvalue weighted by Gasteiger charge is 2.17. The van der Waals surface area contributed by atoms with Crippen molar-refractivity contribution < 1.29 is 0 Å². The topological polar surface area (TPSA) is 12.0 Å². The Bertz CT molecular complexity index is 306. The van der Waals surface area contributed by atoms with E-state index < -0.39 is 0 Å². The lowest BCUT2D eigenvalue weighted by atomic mass is 9.94. The summed E-state index contributed by atoms with van der Waals surface area (Å²) in [6.07, 6.45) is 3.86. The maximum absolute atomic E-state index is 3.65. The molecule has 0 amide bonds. The minimum absolute atomic E-state index is 0.558. The molecule has 1 N–H and O–H groups in total. The molecule has 1 aromatic rings. The molecule has 0 aromatic carbocycles. The van der Waals surface area contributed by atoms with Gasteiger partial charge in [0.2, 0.25) is 0 Å². The standard InChI is InChI=1S/C15H27NS/c1-6-13(7-2)10-14(16-8-3)15-9-11(4)12(5)17-15/h9,13-14,16H,6-8,10H2,1-5H3. The average molecular weight is 253 g/mol. The van der Waals surface area contributed by atoms with Gasteiger partial charge in [-0.1, -0.05) is 33.6 Å². The van der Waals surface area contributed by atoms with E-state index in [1.54, 1.807) is 0 Å². The van der Waals surface area contributed by atoms with Crippen LogP contribution >= 0.6 is 11.3 Å². The second kappa shape index (κ2) is 7.17. The van der Waals surface area contributed by atoms with E-state index in [0.717, 1.165) is 12.5 Å². The summed E-state index contributed by atoms with van der Waals surface area (Å²) in [5.74, 6) is 0.849. The van der Waals surface area contributed by atoms with Gasteiger partial charge in [0.15, 0.2) is 0 Å². The minimum Gasteiger partial charge on any atom is -0.310 e. The van der Waals surface area contributed by atoms with E-state index in [9.17, 15) is 0 Å². The molecule has 0 radical (unpaired) electrons. The highest BCUT2D eigenvalue weighted by atomic mass is 32.1. The Kier molecular flexibility index (Phi) is 6.21. The van der Waals surface area contributed by atoms with Gasteiger partial charge >= 0.3 is 0 Å². The highest BCUT2D eigenvalue weighted by molar-refractivity contribution is 7.12. The molecule has 98 valence electrons. The van der Waals surface area contributed by atoms with Gasteiger partial charge in [-0.25, -0.2) is 0 Å². The Labute approximate surface area is 111 Å². The van der Waals surface area contributed by atoms with Gasteiger partial charge < -0.3 is 5.32 Å². The van der Waals surface area contributed by atoms with Crippen LogP contribution < -0.4 is 5.32 Å². The van der Waals surface area contributed by atoms with E-state index in [-0.39, 0.29) is 0 Å². The van der Waals surface area contributed by atoms with Gasteiger partial charge in [-0.3, -0.25) is 0 Å². The molecule has 0 saturated carbocycles. The summed E-state index contributed by atoms with van der Waals surface area (Å²) in [5, 5.41) is 3.65. The molecule has 1 rings (SSSR count). The van der Waals surface area contributed by atoms with Gasteiger partial charge in [-0.05, 0) is 44.4 Å². The Morgan fingerprint density at radius 1 is 1.18 bits per heavy atom. The third-order valence-electron chi connectivity index (χ3n) is 3.70. The maximum Gasteiger partial charge on any atom is 0.0417 e. The van der Waals surface area contributed by atoms with E-state index in [2.05, 4.69) is 46.0 Å². The van der Waals surface area contributed by atoms with Crippen LogP contribution in [-0.4, -0.2) is 6.54 Å². The van der Waals surface area contributed by atoms with E-state index in [0.29, 0.717) is 6.04 Å². The summed E-state index contributed by atoms with van der Waals surface area (Å²) in [4.78, 5) is 2.99. The molecule has 17 heavy (non-hydrogen) atoms. The quantitative estimate of drug-likeness (QED) is 0.733. The van der Waals surface area contributed by atoms with Crippen LogP contribution in [0.15, 0.2) is 6.07 Å². The summed E-state index contributed by atoms with van der Waals surface area (Å²) >= 11 is 1.96. The van der Waals surface area contributed by atoms with Crippen LogP contribution in [0, 0.1) is 19.8 Å². The monoisotopic (exact) mass is 253 g/mol. The molecule has 0 bridgehead atoms. The largest absolute Gasteiger partial charge is 0.310 e. The average Bonchev–Trinajstić information content (AvgIpc) is 2.65. The summed E-state index contributed by atoms with van der Waals surface area (Å²) < 4.78 is 0. The van der Waals surface area contributed by atoms with Crippen molar-refractivity contribution in [3.8, 4) is 0 Å². The first-order valence-corrected chi connectivity index (χ1v) is 7.74. The Hall–Kier alpha value is -0.340. The fraction of sp³-hybridized carbons (Fsp3) is 0.733. The lowest BCUT2D eigenvalue weighted by Gasteiger charge is -2.21. The first-order chi connectivity index (χ1) is 8.12. The van der Waals surface area contributed by atoms with E-state index in [1.807, 2.05) is 11.3 Å². The third-order valence-corrected chi connectivity index (χ3v) is 4.97. The summed E-state index contributed by atoms with van der Waals surface area (Å²) in [6, 6.07) is 2.93. The fourth-order valence-corrected chi connectivity index (χ4v) is 3.41. The van der Waals surface area contributed by atoms with Crippen molar-refractivity contribution in [2.75, 3.05) is 6.54 Å². The van der Waals surface area contributed by atoms with E-state index in [1.165, 1.54) is 34.6 Å². The van der Waals surface area contributed by atoms with Crippen molar-refractivity contribution in [1.29, 1.82) is 0 Å². The van der Waals surface area contributed by atoms with Gasteiger partial charge in [0.1, 0.15) is 0 Å². The molecule has 0 spiro atoms. The first-order valence-electron chi connectivity index (χ1n) is 6.92. The Morgan fingerprint density at radius 2 is 1.82 bits per heavy atom. The van der Waals surface area contributed by atoms with Gasteiger partial charge in [0, 0.05) is 15.8 Å². The molecule has 2 heteroatoms. The molecular formula is C15H27NS. The number of nitrogens with one attached hydrogen (secondary N) is 1. The maximum atomic E-state index is 3.65. The Morgan fingerprint density at radius 3 is 2.24 bits per heavy atom. The van der Waals surface area contributed by atoms with Crippen LogP contribution in [0.4, 0.5) is 0 Å². The van der Waals surface area contributed by atoms with Crippen molar-refractivity contribution in [2.45, 2.75) is 59.9 Å². The SMILES string of the molecule is CCNC(CC(CC)CC)c1cc(C)c(C)s1. The molecule has 1 atom stereocenters. The van der Waals surface area contributed by atoms with Crippen molar-refractivity contribution in [3.63, 3.8) is 0 Å². The molecule has 1 nitrogen and oxygen atoms in total. The molecular weight excluding hydrogens is 226 g/mol. The van der Waals surface area contributed by atoms with Crippen molar-refractivity contribution in [2.24, 2.45) is 5.92 Å². The van der Waals surface area contributed by atoms with Gasteiger partial charge in [-0.2, -0.15) is 0 Å². The van der Waals surface area contributed by atoms with E-state index in [4.69, 9.17) is 0 Å². The molecule has 1 aromatic heterocycles. The molecule has 0 aliphatic heterocycles. The zero-order valence-corrected chi connectivity index (χ0v) is 12.8. The summed E-state index contributed by atoms with van der Waals surface area (Å²) in [7, 11) is 0. The van der Waals surface area contributed by atoms with Crippen molar-refractivity contribution >= 4 is 11.3 Å². The lowest BCUT2D eigenvalue weighted by molar-refractivity contribution is 0.379. The smallest absolute Gasteiger partial charge is 0.0417 e.